The predicted octanol–water partition coefficient (Wildman–Crippen LogP) is 2.89. The molecule has 1 N–H and O–H groups in total. The average Bonchev–Trinajstić information content (AvgIpc) is 3.23. The first kappa shape index (κ1) is 13.9. The van der Waals surface area contributed by atoms with E-state index < -0.39 is 0 Å². The number of carbonyl (C=O) groups excluding carboxylic acids is 1. The first-order chi connectivity index (χ1) is 10.3. The van der Waals surface area contributed by atoms with Crippen molar-refractivity contribution < 1.29 is 14.7 Å². The van der Waals surface area contributed by atoms with E-state index in [-0.39, 0.29) is 12.0 Å². The second kappa shape index (κ2) is 6.16. The summed E-state index contributed by atoms with van der Waals surface area (Å²) in [6.45, 7) is 1.57. The van der Waals surface area contributed by atoms with Gasteiger partial charge in [0, 0.05) is 24.9 Å². The van der Waals surface area contributed by atoms with Crippen LogP contribution in [0.3, 0.4) is 0 Å². The van der Waals surface area contributed by atoms with E-state index in [0.717, 1.165) is 30.5 Å². The summed E-state index contributed by atoms with van der Waals surface area (Å²) in [5.41, 5.74) is 1.85. The van der Waals surface area contributed by atoms with Gasteiger partial charge in [0.05, 0.1) is 5.71 Å². The van der Waals surface area contributed by atoms with Gasteiger partial charge >= 0.3 is 6.09 Å². The van der Waals surface area contributed by atoms with Crippen molar-refractivity contribution in [1.82, 2.24) is 4.90 Å². The number of ether oxygens (including phenoxy) is 1. The molecule has 1 atom stereocenters. The fourth-order valence-corrected chi connectivity index (χ4v) is 2.85. The molecular weight excluding hydrogens is 268 g/mol. The summed E-state index contributed by atoms with van der Waals surface area (Å²) in [5, 5.41) is 12.6. The van der Waals surface area contributed by atoms with E-state index in [1.807, 2.05) is 30.3 Å². The van der Waals surface area contributed by atoms with E-state index in [4.69, 9.17) is 9.94 Å². The topological polar surface area (TPSA) is 62.1 Å². The van der Waals surface area contributed by atoms with E-state index in [1.165, 1.54) is 0 Å². The van der Waals surface area contributed by atoms with Gasteiger partial charge in [0.15, 0.2) is 0 Å². The van der Waals surface area contributed by atoms with Gasteiger partial charge in [0.1, 0.15) is 6.61 Å². The van der Waals surface area contributed by atoms with Crippen LogP contribution >= 0.6 is 0 Å². The van der Waals surface area contributed by atoms with Crippen molar-refractivity contribution >= 4 is 11.8 Å². The molecule has 5 nitrogen and oxygen atoms in total. The third-order valence-corrected chi connectivity index (χ3v) is 4.18. The maximum absolute atomic E-state index is 12.1. The molecule has 0 radical (unpaired) electrons. The number of carbonyl (C=O) groups is 1. The lowest BCUT2D eigenvalue weighted by molar-refractivity contribution is 0.104. The minimum absolute atomic E-state index is 0.187. The molecule has 2 aliphatic rings. The van der Waals surface area contributed by atoms with Crippen LogP contribution in [0, 0.1) is 11.8 Å². The summed E-state index contributed by atoms with van der Waals surface area (Å²) in [4.78, 5) is 13.8. The fourth-order valence-electron chi connectivity index (χ4n) is 2.85. The van der Waals surface area contributed by atoms with Gasteiger partial charge < -0.3 is 14.8 Å². The Morgan fingerprint density at radius 2 is 2.00 bits per heavy atom. The first-order valence-corrected chi connectivity index (χ1v) is 7.45. The van der Waals surface area contributed by atoms with Crippen molar-refractivity contribution in [2.45, 2.75) is 25.9 Å². The number of likely N-dealkylation sites (tertiary alicyclic amines) is 1. The van der Waals surface area contributed by atoms with Gasteiger partial charge in [0.2, 0.25) is 0 Å². The van der Waals surface area contributed by atoms with Crippen molar-refractivity contribution in [3.05, 3.63) is 35.9 Å². The monoisotopic (exact) mass is 288 g/mol. The molecule has 1 unspecified atom stereocenters. The Labute approximate surface area is 124 Å². The Balaban J connectivity index is 1.50. The molecule has 0 bridgehead atoms. The molecule has 21 heavy (non-hydrogen) atoms. The molecule has 1 saturated heterocycles. The second-order valence-electron chi connectivity index (χ2n) is 5.77. The number of rotatable bonds is 4. The normalized spacial score (nSPS) is 22.4. The maximum Gasteiger partial charge on any atom is 0.410 e. The predicted molar refractivity (Wildman–Crippen MR) is 78.3 cm³/mol. The molecule has 1 heterocycles. The first-order valence-electron chi connectivity index (χ1n) is 7.45. The van der Waals surface area contributed by atoms with Crippen molar-refractivity contribution in [2.24, 2.45) is 17.0 Å². The van der Waals surface area contributed by atoms with Crippen LogP contribution < -0.4 is 0 Å². The van der Waals surface area contributed by atoms with Crippen molar-refractivity contribution in [3.63, 3.8) is 0 Å². The highest BCUT2D eigenvalue weighted by atomic mass is 16.6. The lowest BCUT2D eigenvalue weighted by Crippen LogP contribution is -2.30. The SMILES string of the molecule is O=C(OCc1ccccc1)N1CCC(/C(=N\O)C2CC2)C1. The summed E-state index contributed by atoms with van der Waals surface area (Å²) < 4.78 is 5.33. The smallest absolute Gasteiger partial charge is 0.410 e. The summed E-state index contributed by atoms with van der Waals surface area (Å²) >= 11 is 0. The van der Waals surface area contributed by atoms with Crippen LogP contribution in [0.15, 0.2) is 35.5 Å². The zero-order chi connectivity index (χ0) is 14.7. The molecule has 112 valence electrons. The van der Waals surface area contributed by atoms with Crippen LogP contribution in [0.5, 0.6) is 0 Å². The summed E-state index contributed by atoms with van der Waals surface area (Å²) in [6, 6.07) is 9.65. The lowest BCUT2D eigenvalue weighted by atomic mass is 9.99. The van der Waals surface area contributed by atoms with Gasteiger partial charge in [-0.25, -0.2) is 4.79 Å². The molecule has 1 aliphatic heterocycles. The van der Waals surface area contributed by atoms with E-state index >= 15 is 0 Å². The van der Waals surface area contributed by atoms with Gasteiger partial charge in [-0.1, -0.05) is 35.5 Å². The van der Waals surface area contributed by atoms with Gasteiger partial charge in [-0.05, 0) is 24.8 Å². The highest BCUT2D eigenvalue weighted by Gasteiger charge is 2.38. The number of hydrogen-bond acceptors (Lipinski definition) is 4. The standard InChI is InChI=1S/C16H20N2O3/c19-16(21-11-12-4-2-1-3-5-12)18-9-8-14(10-18)15(17-20)13-6-7-13/h1-5,13-14,20H,6-11H2/b17-15-. The summed E-state index contributed by atoms with van der Waals surface area (Å²) in [7, 11) is 0. The molecule has 0 aromatic heterocycles. The molecule has 1 amide bonds. The average molecular weight is 288 g/mol. The third-order valence-electron chi connectivity index (χ3n) is 4.18. The Hall–Kier alpha value is -2.04. The molecule has 1 aliphatic carbocycles. The molecule has 3 rings (SSSR count). The molecular formula is C16H20N2O3. The van der Waals surface area contributed by atoms with E-state index in [2.05, 4.69) is 5.16 Å². The maximum atomic E-state index is 12.1. The van der Waals surface area contributed by atoms with Crippen LogP contribution in [-0.4, -0.2) is 35.0 Å². The van der Waals surface area contributed by atoms with Crippen LogP contribution in [-0.2, 0) is 11.3 Å². The molecule has 1 aromatic rings. The van der Waals surface area contributed by atoms with E-state index in [1.54, 1.807) is 4.90 Å². The molecule has 1 aromatic carbocycles. The van der Waals surface area contributed by atoms with Gasteiger partial charge in [-0.2, -0.15) is 0 Å². The van der Waals surface area contributed by atoms with Gasteiger partial charge in [-0.15, -0.1) is 0 Å². The van der Waals surface area contributed by atoms with Crippen molar-refractivity contribution in [3.8, 4) is 0 Å². The van der Waals surface area contributed by atoms with Crippen LogP contribution in [0.1, 0.15) is 24.8 Å². The summed E-state index contributed by atoms with van der Waals surface area (Å²) in [6.07, 6.45) is 2.79. The van der Waals surface area contributed by atoms with Crippen molar-refractivity contribution in [2.75, 3.05) is 13.1 Å². The highest BCUT2D eigenvalue weighted by Crippen LogP contribution is 2.36. The fraction of sp³-hybridized carbons (Fsp3) is 0.500. The Morgan fingerprint density at radius 3 is 2.67 bits per heavy atom. The molecule has 1 saturated carbocycles. The molecule has 0 spiro atoms. The molecule has 5 heteroatoms. The minimum atomic E-state index is -0.283. The lowest BCUT2D eigenvalue weighted by Gasteiger charge is -2.16. The number of benzene rings is 1. The Bertz CT molecular complexity index is 526. The third kappa shape index (κ3) is 3.35. The Morgan fingerprint density at radius 1 is 1.24 bits per heavy atom. The quantitative estimate of drug-likeness (QED) is 0.526. The van der Waals surface area contributed by atoms with Crippen LogP contribution in [0.2, 0.25) is 0 Å². The Kier molecular flexibility index (Phi) is 4.08. The zero-order valence-electron chi connectivity index (χ0n) is 11.9. The van der Waals surface area contributed by atoms with Crippen LogP contribution in [0.25, 0.3) is 0 Å². The highest BCUT2D eigenvalue weighted by molar-refractivity contribution is 5.91. The van der Waals surface area contributed by atoms with Gasteiger partial charge in [-0.3, -0.25) is 0 Å². The van der Waals surface area contributed by atoms with E-state index in [0.29, 0.717) is 25.6 Å². The number of hydrogen-bond donors (Lipinski definition) is 1. The minimum Gasteiger partial charge on any atom is -0.445 e. The number of oxime groups is 1. The number of amides is 1. The van der Waals surface area contributed by atoms with E-state index in [9.17, 15) is 4.79 Å². The zero-order valence-corrected chi connectivity index (χ0v) is 11.9. The van der Waals surface area contributed by atoms with Crippen LogP contribution in [0.4, 0.5) is 4.79 Å². The second-order valence-corrected chi connectivity index (χ2v) is 5.77. The number of nitrogens with zero attached hydrogens (tertiary/aromatic N) is 2. The molecule has 2 fully saturated rings. The van der Waals surface area contributed by atoms with Crippen molar-refractivity contribution in [1.29, 1.82) is 0 Å². The largest absolute Gasteiger partial charge is 0.445 e. The summed E-state index contributed by atoms with van der Waals surface area (Å²) in [5.74, 6) is 0.618. The van der Waals surface area contributed by atoms with Gasteiger partial charge in [0.25, 0.3) is 0 Å².